The molecule has 2 rings (SSSR count). The van der Waals surface area contributed by atoms with Crippen LogP contribution in [0.15, 0.2) is 22.8 Å². The number of nitrogens with zero attached hydrogens (tertiary/aromatic N) is 1. The van der Waals surface area contributed by atoms with Crippen molar-refractivity contribution in [1.82, 2.24) is 5.32 Å². The van der Waals surface area contributed by atoms with E-state index in [4.69, 9.17) is 4.74 Å². The van der Waals surface area contributed by atoms with Crippen LogP contribution in [0, 0.1) is 0 Å². The van der Waals surface area contributed by atoms with Gasteiger partial charge in [-0.1, -0.05) is 12.2 Å². The molecular weight excluding hydrogens is 288 g/mol. The van der Waals surface area contributed by atoms with Gasteiger partial charge in [0.2, 0.25) is 0 Å². The lowest BCUT2D eigenvalue weighted by atomic mass is 10.1. The minimum Gasteiger partial charge on any atom is -0.406 e. The fourth-order valence-corrected chi connectivity index (χ4v) is 3.24. The molecule has 5 nitrogen and oxygen atoms in total. The van der Waals surface area contributed by atoms with Gasteiger partial charge in [0.25, 0.3) is 11.9 Å². The molecule has 2 aliphatic rings. The van der Waals surface area contributed by atoms with E-state index in [-0.39, 0.29) is 5.91 Å². The standard InChI is InChI=1S/C15H20N2O3S/c1-15(2,3)20-14(19)17(4)11-9-21-12-8-6-5-7-10(12)16-13(11)18/h7-8,11H,4-6,9H2,1-3H3/p+1. The number of hydrogen-bond acceptors (Lipinski definition) is 4. The van der Waals surface area contributed by atoms with Crippen molar-refractivity contribution in [2.75, 3.05) is 5.75 Å². The van der Waals surface area contributed by atoms with E-state index in [1.807, 2.05) is 6.08 Å². The number of nitrogens with one attached hydrogen (secondary N) is 1. The molecule has 0 bridgehead atoms. The van der Waals surface area contributed by atoms with Crippen LogP contribution < -0.4 is 5.32 Å². The summed E-state index contributed by atoms with van der Waals surface area (Å²) in [6, 6.07) is -0.641. The number of carbonyl (C=O) groups is 2. The third-order valence-electron chi connectivity index (χ3n) is 3.07. The van der Waals surface area contributed by atoms with Gasteiger partial charge in [0, 0.05) is 4.91 Å². The van der Waals surface area contributed by atoms with Gasteiger partial charge in [-0.05, 0) is 33.6 Å². The highest BCUT2D eigenvalue weighted by atomic mass is 32.2. The SMILES string of the molecule is C=[N+](C(=O)OC(C)(C)C)C1CSC2=CCCC=C2NC1=O. The summed E-state index contributed by atoms with van der Waals surface area (Å²) in [5, 5.41) is 2.87. The third kappa shape index (κ3) is 3.97. The normalized spacial score (nSPS) is 22.2. The van der Waals surface area contributed by atoms with E-state index < -0.39 is 17.7 Å². The van der Waals surface area contributed by atoms with Crippen LogP contribution in [0.5, 0.6) is 0 Å². The van der Waals surface area contributed by atoms with Crippen LogP contribution in [-0.2, 0) is 9.53 Å². The van der Waals surface area contributed by atoms with Crippen LogP contribution >= 0.6 is 11.8 Å². The zero-order chi connectivity index (χ0) is 15.6. The van der Waals surface area contributed by atoms with Gasteiger partial charge >= 0.3 is 6.09 Å². The number of fused-ring (bicyclic) bond motifs is 1. The molecule has 0 aromatic carbocycles. The Morgan fingerprint density at radius 2 is 2.10 bits per heavy atom. The summed E-state index contributed by atoms with van der Waals surface area (Å²) >= 11 is 1.56. The maximum absolute atomic E-state index is 12.3. The number of carbonyl (C=O) groups excluding carboxylic acids is 2. The number of thioether (sulfide) groups is 1. The zero-order valence-electron chi connectivity index (χ0n) is 12.6. The number of hydrogen-bond donors (Lipinski definition) is 1. The van der Waals surface area contributed by atoms with E-state index >= 15 is 0 Å². The number of amides is 2. The first-order valence-corrected chi connectivity index (χ1v) is 7.93. The van der Waals surface area contributed by atoms with Crippen molar-refractivity contribution >= 4 is 30.5 Å². The predicted molar refractivity (Wildman–Crippen MR) is 83.4 cm³/mol. The molecule has 1 fully saturated rings. The van der Waals surface area contributed by atoms with Crippen molar-refractivity contribution in [3.8, 4) is 0 Å². The second kappa shape index (κ2) is 6.05. The lowest BCUT2D eigenvalue weighted by molar-refractivity contribution is -0.464. The Kier molecular flexibility index (Phi) is 4.56. The fourth-order valence-electron chi connectivity index (χ4n) is 2.04. The zero-order valence-corrected chi connectivity index (χ0v) is 13.5. The molecule has 0 spiro atoms. The minimum atomic E-state index is -0.641. The average molecular weight is 309 g/mol. The van der Waals surface area contributed by atoms with Crippen LogP contribution in [0.3, 0.4) is 0 Å². The van der Waals surface area contributed by atoms with E-state index in [9.17, 15) is 9.59 Å². The van der Waals surface area contributed by atoms with Crippen molar-refractivity contribution < 1.29 is 18.9 Å². The summed E-state index contributed by atoms with van der Waals surface area (Å²) in [6.45, 7) is 9.05. The summed E-state index contributed by atoms with van der Waals surface area (Å²) < 4.78 is 6.40. The van der Waals surface area contributed by atoms with Crippen molar-refractivity contribution in [3.63, 3.8) is 0 Å². The van der Waals surface area contributed by atoms with Crippen LogP contribution in [-0.4, -0.2) is 40.7 Å². The lowest BCUT2D eigenvalue weighted by Crippen LogP contribution is -2.45. The lowest BCUT2D eigenvalue weighted by Gasteiger charge is -2.18. The molecule has 1 aliphatic heterocycles. The first kappa shape index (κ1) is 15.8. The van der Waals surface area contributed by atoms with Crippen molar-refractivity contribution in [2.24, 2.45) is 0 Å². The van der Waals surface area contributed by atoms with E-state index in [1.54, 1.807) is 32.5 Å². The van der Waals surface area contributed by atoms with Crippen LogP contribution in [0.1, 0.15) is 33.6 Å². The summed E-state index contributed by atoms with van der Waals surface area (Å²) in [5.74, 6) is 0.248. The molecule has 1 N–H and O–H groups in total. The molecule has 21 heavy (non-hydrogen) atoms. The molecule has 2 amide bonds. The fraction of sp³-hybridized carbons (Fsp3) is 0.533. The van der Waals surface area contributed by atoms with E-state index in [0.29, 0.717) is 5.75 Å². The van der Waals surface area contributed by atoms with Crippen LogP contribution in [0.2, 0.25) is 0 Å². The van der Waals surface area contributed by atoms with E-state index in [2.05, 4.69) is 18.1 Å². The highest BCUT2D eigenvalue weighted by molar-refractivity contribution is 8.03. The Balaban J connectivity index is 2.11. The van der Waals surface area contributed by atoms with Gasteiger partial charge in [0.1, 0.15) is 12.3 Å². The van der Waals surface area contributed by atoms with Gasteiger partial charge in [-0.15, -0.1) is 16.3 Å². The molecule has 0 aromatic rings. The Hall–Kier alpha value is -1.56. The first-order chi connectivity index (χ1) is 9.78. The molecule has 0 saturated carbocycles. The molecule has 1 aliphatic carbocycles. The molecule has 0 aromatic heterocycles. The smallest absolute Gasteiger partial charge is 0.406 e. The minimum absolute atomic E-state index is 0.222. The highest BCUT2D eigenvalue weighted by Gasteiger charge is 2.39. The Labute approximate surface area is 129 Å². The Morgan fingerprint density at radius 3 is 2.76 bits per heavy atom. The highest BCUT2D eigenvalue weighted by Crippen LogP contribution is 2.31. The first-order valence-electron chi connectivity index (χ1n) is 6.95. The van der Waals surface area contributed by atoms with Gasteiger partial charge in [0.15, 0.2) is 0 Å². The van der Waals surface area contributed by atoms with Gasteiger partial charge in [-0.2, -0.15) is 4.79 Å². The van der Waals surface area contributed by atoms with Gasteiger partial charge < -0.3 is 10.1 Å². The number of rotatable bonds is 1. The molecule has 1 unspecified atom stereocenters. The summed E-state index contributed by atoms with van der Waals surface area (Å²) in [5.41, 5.74) is 0.233. The van der Waals surface area contributed by atoms with Gasteiger partial charge in [0.05, 0.1) is 11.4 Å². The molecular formula is C15H21N2O3S+. The maximum Gasteiger partial charge on any atom is 0.597 e. The molecule has 1 atom stereocenters. The Bertz CT molecular complexity index is 544. The summed E-state index contributed by atoms with van der Waals surface area (Å²) in [7, 11) is 0. The topological polar surface area (TPSA) is 58.4 Å². The van der Waals surface area contributed by atoms with Crippen molar-refractivity contribution in [3.05, 3.63) is 22.8 Å². The number of ether oxygens (including phenoxy) is 1. The molecule has 1 heterocycles. The predicted octanol–water partition coefficient (Wildman–Crippen LogP) is 2.43. The summed E-state index contributed by atoms with van der Waals surface area (Å²) in [6.07, 6.45) is 5.44. The van der Waals surface area contributed by atoms with Gasteiger partial charge in [-0.3, -0.25) is 4.79 Å². The van der Waals surface area contributed by atoms with Crippen LogP contribution in [0.25, 0.3) is 0 Å². The van der Waals surface area contributed by atoms with E-state index in [1.165, 1.54) is 0 Å². The largest absolute Gasteiger partial charge is 0.597 e. The maximum atomic E-state index is 12.3. The summed E-state index contributed by atoms with van der Waals surface area (Å²) in [4.78, 5) is 25.4. The Morgan fingerprint density at radius 1 is 1.43 bits per heavy atom. The van der Waals surface area contributed by atoms with Crippen molar-refractivity contribution in [1.29, 1.82) is 0 Å². The second-order valence-electron chi connectivity index (χ2n) is 6.03. The van der Waals surface area contributed by atoms with Gasteiger partial charge in [-0.25, -0.2) is 0 Å². The number of allylic oxidation sites excluding steroid dienone is 2. The second-order valence-corrected chi connectivity index (χ2v) is 7.09. The van der Waals surface area contributed by atoms with Crippen LogP contribution in [0.4, 0.5) is 4.79 Å². The van der Waals surface area contributed by atoms with E-state index in [0.717, 1.165) is 28.0 Å². The third-order valence-corrected chi connectivity index (χ3v) is 4.25. The average Bonchev–Trinajstić information content (AvgIpc) is 2.54. The molecule has 1 saturated heterocycles. The molecule has 6 heteroatoms. The quantitative estimate of drug-likeness (QED) is 0.597. The molecule has 114 valence electrons. The molecule has 0 radical (unpaired) electrons. The van der Waals surface area contributed by atoms with Crippen molar-refractivity contribution in [2.45, 2.75) is 45.3 Å². The monoisotopic (exact) mass is 309 g/mol.